The highest BCUT2D eigenvalue weighted by molar-refractivity contribution is 5.83. The molecule has 0 aliphatic carbocycles. The third kappa shape index (κ3) is 7.04. The molecule has 6 heteroatoms. The van der Waals surface area contributed by atoms with Crippen LogP contribution in [-0.4, -0.2) is 33.2 Å². The fourth-order valence-electron chi connectivity index (χ4n) is 2.29. The number of hydrogen-bond donors (Lipinski definition) is 4. The molecule has 0 saturated carbocycles. The second kappa shape index (κ2) is 9.71. The minimum absolute atomic E-state index is 0.0464. The van der Waals surface area contributed by atoms with Crippen LogP contribution in [0.3, 0.4) is 0 Å². The highest BCUT2D eigenvalue weighted by atomic mass is 16.4. The van der Waals surface area contributed by atoms with Crippen LogP contribution in [0, 0.1) is 0 Å². The maximum atomic E-state index is 11.8. The maximum absolute atomic E-state index is 11.8. The normalized spacial score (nSPS) is 11.9. The molecular weight excluding hydrogens is 298 g/mol. The second-order valence-corrected chi connectivity index (χ2v) is 5.65. The van der Waals surface area contributed by atoms with Crippen molar-refractivity contribution in [3.05, 3.63) is 23.8 Å². The van der Waals surface area contributed by atoms with E-state index in [2.05, 4.69) is 12.2 Å². The van der Waals surface area contributed by atoms with Crippen LogP contribution in [0.1, 0.15) is 51.0 Å². The first-order valence-electron chi connectivity index (χ1n) is 7.97. The highest BCUT2D eigenvalue weighted by Crippen LogP contribution is 2.25. The number of aromatic hydroxyl groups is 2. The molecular formula is C17H25NO5. The minimum atomic E-state index is -1.13. The number of nitrogens with one attached hydrogen (secondary N) is 1. The van der Waals surface area contributed by atoms with Gasteiger partial charge in [0.25, 0.3) is 0 Å². The predicted molar refractivity (Wildman–Crippen MR) is 86.4 cm³/mol. The Balaban J connectivity index is 2.49. The van der Waals surface area contributed by atoms with Crippen molar-refractivity contribution in [2.75, 3.05) is 0 Å². The van der Waals surface area contributed by atoms with E-state index in [1.54, 1.807) is 0 Å². The summed E-state index contributed by atoms with van der Waals surface area (Å²) in [5.74, 6) is -1.99. The number of phenols is 2. The van der Waals surface area contributed by atoms with Crippen molar-refractivity contribution in [3.63, 3.8) is 0 Å². The molecule has 0 saturated heterocycles. The molecule has 1 aromatic rings. The average Bonchev–Trinajstić information content (AvgIpc) is 2.50. The fourth-order valence-corrected chi connectivity index (χ4v) is 2.29. The second-order valence-electron chi connectivity index (χ2n) is 5.65. The lowest BCUT2D eigenvalue weighted by atomic mass is 10.0. The van der Waals surface area contributed by atoms with Crippen molar-refractivity contribution < 1.29 is 24.9 Å². The maximum Gasteiger partial charge on any atom is 0.326 e. The monoisotopic (exact) mass is 323 g/mol. The summed E-state index contributed by atoms with van der Waals surface area (Å²) in [6.45, 7) is 2.12. The van der Waals surface area contributed by atoms with Gasteiger partial charge < -0.3 is 20.6 Å². The van der Waals surface area contributed by atoms with Crippen molar-refractivity contribution in [1.82, 2.24) is 5.32 Å². The summed E-state index contributed by atoms with van der Waals surface area (Å²) in [7, 11) is 0. The smallest absolute Gasteiger partial charge is 0.326 e. The van der Waals surface area contributed by atoms with Crippen LogP contribution >= 0.6 is 0 Å². The number of carboxylic acids is 1. The summed E-state index contributed by atoms with van der Waals surface area (Å²) in [5.41, 5.74) is 0.524. The molecule has 0 aromatic heterocycles. The van der Waals surface area contributed by atoms with E-state index >= 15 is 0 Å². The van der Waals surface area contributed by atoms with E-state index in [1.807, 2.05) is 0 Å². The van der Waals surface area contributed by atoms with Gasteiger partial charge >= 0.3 is 5.97 Å². The Hall–Kier alpha value is -2.24. The molecule has 0 spiro atoms. The summed E-state index contributed by atoms with van der Waals surface area (Å²) < 4.78 is 0. The van der Waals surface area contributed by atoms with Gasteiger partial charge in [-0.25, -0.2) is 4.79 Å². The molecule has 6 nitrogen and oxygen atoms in total. The molecule has 0 radical (unpaired) electrons. The lowest BCUT2D eigenvalue weighted by Crippen LogP contribution is -2.42. The summed E-state index contributed by atoms with van der Waals surface area (Å²) >= 11 is 0. The molecule has 0 aliphatic heterocycles. The van der Waals surface area contributed by atoms with E-state index in [9.17, 15) is 24.9 Å². The summed E-state index contributed by atoms with van der Waals surface area (Å²) in [6, 6.07) is 3.05. The van der Waals surface area contributed by atoms with Crippen molar-refractivity contribution in [2.45, 2.75) is 57.9 Å². The van der Waals surface area contributed by atoms with Crippen LogP contribution in [0.5, 0.6) is 11.5 Å². The Morgan fingerprint density at radius 1 is 1.09 bits per heavy atom. The van der Waals surface area contributed by atoms with Crippen molar-refractivity contribution in [1.29, 1.82) is 0 Å². The van der Waals surface area contributed by atoms with E-state index in [0.717, 1.165) is 32.1 Å². The number of benzene rings is 1. The lowest BCUT2D eigenvalue weighted by Gasteiger charge is -2.15. The Kier molecular flexibility index (Phi) is 7.94. The van der Waals surface area contributed by atoms with Crippen molar-refractivity contribution in [2.24, 2.45) is 0 Å². The van der Waals surface area contributed by atoms with Crippen LogP contribution < -0.4 is 5.32 Å². The van der Waals surface area contributed by atoms with Gasteiger partial charge in [-0.3, -0.25) is 4.79 Å². The molecule has 128 valence electrons. The summed E-state index contributed by atoms with van der Waals surface area (Å²) in [6.07, 6.45) is 5.43. The third-order valence-corrected chi connectivity index (χ3v) is 3.62. The molecule has 0 fully saturated rings. The van der Waals surface area contributed by atoms with Gasteiger partial charge in [0.05, 0.1) is 0 Å². The van der Waals surface area contributed by atoms with Gasteiger partial charge in [0.1, 0.15) is 6.04 Å². The van der Waals surface area contributed by atoms with Gasteiger partial charge in [-0.15, -0.1) is 0 Å². The quantitative estimate of drug-likeness (QED) is 0.391. The van der Waals surface area contributed by atoms with Gasteiger partial charge in [0.2, 0.25) is 5.91 Å². The van der Waals surface area contributed by atoms with E-state index in [-0.39, 0.29) is 23.8 Å². The van der Waals surface area contributed by atoms with Crippen LogP contribution in [-0.2, 0) is 16.0 Å². The zero-order valence-electron chi connectivity index (χ0n) is 13.4. The number of unbranched alkanes of at least 4 members (excludes halogenated alkanes) is 4. The number of carbonyl (C=O) groups excluding carboxylic acids is 1. The van der Waals surface area contributed by atoms with Crippen LogP contribution in [0.15, 0.2) is 18.2 Å². The number of aliphatic carboxylic acids is 1. The van der Waals surface area contributed by atoms with Gasteiger partial charge in [-0.2, -0.15) is 0 Å². The van der Waals surface area contributed by atoms with Gasteiger partial charge in [-0.05, 0) is 24.1 Å². The largest absolute Gasteiger partial charge is 0.504 e. The summed E-state index contributed by atoms with van der Waals surface area (Å²) in [4.78, 5) is 23.1. The van der Waals surface area contributed by atoms with Crippen LogP contribution in [0.2, 0.25) is 0 Å². The van der Waals surface area contributed by atoms with E-state index in [0.29, 0.717) is 12.0 Å². The molecule has 0 unspecified atom stereocenters. The van der Waals surface area contributed by atoms with E-state index < -0.39 is 12.0 Å². The first-order valence-corrected chi connectivity index (χ1v) is 7.97. The molecule has 1 atom stereocenters. The third-order valence-electron chi connectivity index (χ3n) is 3.62. The Morgan fingerprint density at radius 3 is 2.39 bits per heavy atom. The first-order chi connectivity index (χ1) is 10.9. The Bertz CT molecular complexity index is 530. The first kappa shape index (κ1) is 18.8. The molecule has 4 N–H and O–H groups in total. The van der Waals surface area contributed by atoms with Crippen LogP contribution in [0.4, 0.5) is 0 Å². The van der Waals surface area contributed by atoms with Gasteiger partial charge in [0, 0.05) is 12.8 Å². The SMILES string of the molecule is CCCCCCCC(=O)N[C@@H](Cc1ccc(O)c(O)c1)C(=O)O. The topological polar surface area (TPSA) is 107 Å². The zero-order valence-corrected chi connectivity index (χ0v) is 13.4. The molecule has 23 heavy (non-hydrogen) atoms. The number of hydrogen-bond acceptors (Lipinski definition) is 4. The predicted octanol–water partition coefficient (Wildman–Crippen LogP) is 2.57. The highest BCUT2D eigenvalue weighted by Gasteiger charge is 2.20. The van der Waals surface area contributed by atoms with E-state index in [4.69, 9.17) is 0 Å². The van der Waals surface area contributed by atoms with Gasteiger partial charge in [0.15, 0.2) is 11.5 Å². The van der Waals surface area contributed by atoms with Crippen molar-refractivity contribution >= 4 is 11.9 Å². The number of rotatable bonds is 10. The Morgan fingerprint density at radius 2 is 1.78 bits per heavy atom. The molecule has 0 aliphatic rings. The lowest BCUT2D eigenvalue weighted by molar-refractivity contribution is -0.141. The molecule has 1 rings (SSSR count). The van der Waals surface area contributed by atoms with Crippen molar-refractivity contribution in [3.8, 4) is 11.5 Å². The number of carbonyl (C=O) groups is 2. The van der Waals surface area contributed by atoms with Crippen LogP contribution in [0.25, 0.3) is 0 Å². The zero-order chi connectivity index (χ0) is 17.2. The molecule has 1 amide bonds. The minimum Gasteiger partial charge on any atom is -0.504 e. The van der Waals surface area contributed by atoms with E-state index in [1.165, 1.54) is 18.2 Å². The Labute approximate surface area is 136 Å². The summed E-state index contributed by atoms with van der Waals surface area (Å²) in [5, 5.41) is 30.4. The average molecular weight is 323 g/mol. The molecule has 0 bridgehead atoms. The number of carboxylic acid groups (broad SMARTS) is 1. The number of phenolic OH excluding ortho intramolecular Hbond substituents is 2. The molecule has 0 heterocycles. The fraction of sp³-hybridized carbons (Fsp3) is 0.529. The molecule has 1 aromatic carbocycles. The number of amides is 1. The van der Waals surface area contributed by atoms with Gasteiger partial charge in [-0.1, -0.05) is 38.7 Å². The standard InChI is InChI=1S/C17H25NO5/c1-2-3-4-5-6-7-16(21)18-13(17(22)23)10-12-8-9-14(19)15(20)11-12/h8-9,11,13,19-20H,2-7,10H2,1H3,(H,18,21)(H,22,23)/t13-/m0/s1.